The van der Waals surface area contributed by atoms with E-state index in [0.717, 1.165) is 45.2 Å². The molecule has 0 aromatic heterocycles. The quantitative estimate of drug-likeness (QED) is 0.225. The van der Waals surface area contributed by atoms with Crippen LogP contribution in [0.4, 0.5) is 5.69 Å². The minimum Gasteiger partial charge on any atom is -0.384 e. The molecule has 1 amide bonds. The Kier molecular flexibility index (Phi) is 22.5. The molecular weight excluding hydrogens is 428 g/mol. The lowest BCUT2D eigenvalue weighted by Crippen LogP contribution is -2.32. The Hall–Kier alpha value is -2.81. The van der Waals surface area contributed by atoms with Gasteiger partial charge in [-0.15, -0.1) is 6.58 Å². The van der Waals surface area contributed by atoms with Crippen molar-refractivity contribution in [3.05, 3.63) is 90.0 Å². The van der Waals surface area contributed by atoms with Crippen LogP contribution < -0.4 is 10.6 Å². The summed E-state index contributed by atoms with van der Waals surface area (Å²) in [7, 11) is 0. The Bertz CT molecular complexity index is 798. The number of para-hydroxylation sites is 1. The zero-order valence-corrected chi connectivity index (χ0v) is 23.8. The fourth-order valence-corrected chi connectivity index (χ4v) is 3.56. The standard InChI is InChI=1S/C13H18N2O.C11H14.C4H8.2C2H6/c1-2-13(7-8-14-10-16)9-15-12-6-4-3-5-11(12)13;1-3-10(2)9-11-7-5-4-6-8-11;1-3-4-2;2*1-2/h3-6,10,15H,2,7-9H2,1H3,(H,14,16);3-8H,9H2,1-2H3;3H,1,4H2,2H3;2*1-2H3/b;10-3+;;;. The molecule has 0 aliphatic carbocycles. The molecule has 0 radical (unpaired) electrons. The van der Waals surface area contributed by atoms with E-state index in [-0.39, 0.29) is 5.41 Å². The van der Waals surface area contributed by atoms with Gasteiger partial charge in [0.05, 0.1) is 0 Å². The summed E-state index contributed by atoms with van der Waals surface area (Å²) in [6.45, 7) is 21.7. The van der Waals surface area contributed by atoms with E-state index in [2.05, 4.69) is 106 Å². The topological polar surface area (TPSA) is 41.1 Å². The molecule has 1 atom stereocenters. The van der Waals surface area contributed by atoms with Crippen molar-refractivity contribution in [3.8, 4) is 0 Å². The lowest BCUT2D eigenvalue weighted by molar-refractivity contribution is -0.109. The van der Waals surface area contributed by atoms with Crippen LogP contribution in [0, 0.1) is 0 Å². The first-order valence-electron chi connectivity index (χ1n) is 13.3. The van der Waals surface area contributed by atoms with Gasteiger partial charge in [-0.3, -0.25) is 4.79 Å². The van der Waals surface area contributed by atoms with Crippen LogP contribution in [0.15, 0.2) is 78.9 Å². The minimum atomic E-state index is 0.187. The molecule has 0 saturated carbocycles. The number of hydrogen-bond donors (Lipinski definition) is 2. The van der Waals surface area contributed by atoms with Gasteiger partial charge < -0.3 is 10.6 Å². The highest BCUT2D eigenvalue weighted by atomic mass is 16.1. The Morgan fingerprint density at radius 2 is 1.60 bits per heavy atom. The molecule has 0 bridgehead atoms. The number of carbonyl (C=O) groups excluding carboxylic acids is 1. The maximum Gasteiger partial charge on any atom is 0.207 e. The smallest absolute Gasteiger partial charge is 0.207 e. The number of amides is 1. The summed E-state index contributed by atoms with van der Waals surface area (Å²) in [5, 5.41) is 6.21. The van der Waals surface area contributed by atoms with Gasteiger partial charge in [-0.05, 0) is 56.7 Å². The fourth-order valence-electron chi connectivity index (χ4n) is 3.56. The molecule has 1 heterocycles. The number of rotatable bonds is 8. The molecule has 3 heteroatoms. The highest BCUT2D eigenvalue weighted by Gasteiger charge is 2.36. The van der Waals surface area contributed by atoms with E-state index in [1.165, 1.54) is 22.4 Å². The van der Waals surface area contributed by atoms with Crippen LogP contribution in [0.3, 0.4) is 0 Å². The van der Waals surface area contributed by atoms with Crippen molar-refractivity contribution in [2.24, 2.45) is 0 Å². The Labute approximate surface area is 217 Å². The van der Waals surface area contributed by atoms with Gasteiger partial charge in [0.25, 0.3) is 0 Å². The molecule has 3 nitrogen and oxygen atoms in total. The van der Waals surface area contributed by atoms with Gasteiger partial charge in [0.15, 0.2) is 0 Å². The zero-order valence-electron chi connectivity index (χ0n) is 23.8. The second kappa shape index (κ2) is 23.0. The van der Waals surface area contributed by atoms with Crippen LogP contribution >= 0.6 is 0 Å². The first kappa shape index (κ1) is 34.4. The molecule has 1 aliphatic rings. The van der Waals surface area contributed by atoms with Gasteiger partial charge in [0.1, 0.15) is 0 Å². The molecule has 2 aromatic rings. The third kappa shape index (κ3) is 13.6. The van der Waals surface area contributed by atoms with Crippen LogP contribution in [0.25, 0.3) is 0 Å². The molecule has 2 aromatic carbocycles. The highest BCUT2D eigenvalue weighted by Crippen LogP contribution is 2.41. The summed E-state index contributed by atoms with van der Waals surface area (Å²) >= 11 is 0. The second-order valence-corrected chi connectivity index (χ2v) is 7.85. The fraction of sp³-hybridized carbons (Fsp3) is 0.469. The average Bonchev–Trinajstić information content (AvgIpc) is 3.31. The molecule has 0 spiro atoms. The van der Waals surface area contributed by atoms with Gasteiger partial charge in [0, 0.05) is 24.2 Å². The SMILES string of the molecule is C/C=C(\C)Cc1ccccc1.C=CCC.CC.CC.CCC1(CCNC=O)CNc2ccccc21. The van der Waals surface area contributed by atoms with Gasteiger partial charge in [-0.25, -0.2) is 0 Å². The van der Waals surface area contributed by atoms with E-state index in [0.29, 0.717) is 0 Å². The Balaban J connectivity index is 0. The van der Waals surface area contributed by atoms with Crippen molar-refractivity contribution < 1.29 is 4.79 Å². The van der Waals surface area contributed by atoms with E-state index in [1.807, 2.05) is 33.8 Å². The van der Waals surface area contributed by atoms with Gasteiger partial charge >= 0.3 is 0 Å². The number of allylic oxidation sites excluding steroid dienone is 3. The van der Waals surface area contributed by atoms with E-state index < -0.39 is 0 Å². The lowest BCUT2D eigenvalue weighted by atomic mass is 9.77. The predicted octanol–water partition coefficient (Wildman–Crippen LogP) is 8.73. The van der Waals surface area contributed by atoms with E-state index >= 15 is 0 Å². The zero-order chi connectivity index (χ0) is 27.0. The summed E-state index contributed by atoms with van der Waals surface area (Å²) in [6.07, 6.45) is 9.06. The molecule has 1 unspecified atom stereocenters. The lowest BCUT2D eigenvalue weighted by Gasteiger charge is -2.27. The van der Waals surface area contributed by atoms with E-state index in [1.54, 1.807) is 0 Å². The first-order valence-corrected chi connectivity index (χ1v) is 13.3. The summed E-state index contributed by atoms with van der Waals surface area (Å²) in [6, 6.07) is 19.0. The number of hydrogen-bond acceptors (Lipinski definition) is 2. The predicted molar refractivity (Wildman–Crippen MR) is 158 cm³/mol. The number of fused-ring (bicyclic) bond motifs is 1. The maximum absolute atomic E-state index is 10.3. The summed E-state index contributed by atoms with van der Waals surface area (Å²) in [5.74, 6) is 0. The van der Waals surface area contributed by atoms with Crippen LogP contribution in [0.5, 0.6) is 0 Å². The van der Waals surface area contributed by atoms with Crippen molar-refractivity contribution in [1.29, 1.82) is 0 Å². The monoisotopic (exact) mass is 480 g/mol. The number of anilines is 1. The minimum absolute atomic E-state index is 0.187. The first-order chi connectivity index (χ1) is 17.1. The molecule has 35 heavy (non-hydrogen) atoms. The second-order valence-electron chi connectivity index (χ2n) is 7.85. The number of nitrogens with one attached hydrogen (secondary N) is 2. The van der Waals surface area contributed by atoms with E-state index in [4.69, 9.17) is 0 Å². The van der Waals surface area contributed by atoms with Crippen LogP contribution in [0.2, 0.25) is 0 Å². The van der Waals surface area contributed by atoms with Crippen LogP contribution in [-0.2, 0) is 16.6 Å². The number of carbonyl (C=O) groups is 1. The molecule has 0 fully saturated rings. The molecule has 0 saturated heterocycles. The van der Waals surface area contributed by atoms with Crippen molar-refractivity contribution in [2.45, 2.75) is 86.5 Å². The largest absolute Gasteiger partial charge is 0.384 e. The third-order valence-electron chi connectivity index (χ3n) is 5.73. The summed E-state index contributed by atoms with van der Waals surface area (Å²) in [4.78, 5) is 10.3. The molecule has 3 rings (SSSR count). The van der Waals surface area contributed by atoms with Crippen LogP contribution in [-0.4, -0.2) is 19.5 Å². The van der Waals surface area contributed by atoms with Crippen molar-refractivity contribution in [1.82, 2.24) is 5.32 Å². The Morgan fingerprint density at radius 3 is 2.11 bits per heavy atom. The highest BCUT2D eigenvalue weighted by molar-refractivity contribution is 5.60. The number of benzene rings is 2. The van der Waals surface area contributed by atoms with Crippen LogP contribution in [0.1, 0.15) is 85.8 Å². The molecular formula is C32H52N2O. The summed E-state index contributed by atoms with van der Waals surface area (Å²) in [5.41, 5.74) is 5.65. The molecule has 1 aliphatic heterocycles. The molecule has 196 valence electrons. The Morgan fingerprint density at radius 1 is 1.03 bits per heavy atom. The van der Waals surface area contributed by atoms with Crippen molar-refractivity contribution >= 4 is 12.1 Å². The maximum atomic E-state index is 10.3. The van der Waals surface area contributed by atoms with Gasteiger partial charge in [-0.2, -0.15) is 0 Å². The van der Waals surface area contributed by atoms with Crippen molar-refractivity contribution in [3.63, 3.8) is 0 Å². The van der Waals surface area contributed by atoms with E-state index in [9.17, 15) is 4.79 Å². The van der Waals surface area contributed by atoms with Gasteiger partial charge in [-0.1, -0.05) is 108 Å². The van der Waals surface area contributed by atoms with Gasteiger partial charge in [0.2, 0.25) is 6.41 Å². The normalized spacial score (nSPS) is 14.9. The van der Waals surface area contributed by atoms with Crippen molar-refractivity contribution in [2.75, 3.05) is 18.4 Å². The third-order valence-corrected chi connectivity index (χ3v) is 5.73. The average molecular weight is 481 g/mol. The molecule has 2 N–H and O–H groups in total. The summed E-state index contributed by atoms with van der Waals surface area (Å²) < 4.78 is 0.